The molecule has 0 radical (unpaired) electrons. The number of piperazine rings is 1. The molecule has 0 N–H and O–H groups in total. The fraction of sp³-hybridized carbons (Fsp3) is 0.455. The minimum atomic E-state index is -0.221. The third-order valence-electron chi connectivity index (χ3n) is 5.52. The van der Waals surface area contributed by atoms with Crippen molar-refractivity contribution in [1.29, 1.82) is 0 Å². The maximum atomic E-state index is 12.2. The van der Waals surface area contributed by atoms with Gasteiger partial charge in [0.1, 0.15) is 0 Å². The van der Waals surface area contributed by atoms with Crippen LogP contribution in [0.4, 0.5) is 4.79 Å². The molecular weight excluding hydrogens is 374 g/mol. The van der Waals surface area contributed by atoms with Gasteiger partial charge < -0.3 is 9.64 Å². The van der Waals surface area contributed by atoms with Crippen LogP contribution in [0.2, 0.25) is 5.02 Å². The molecule has 2 aliphatic rings. The number of fused-ring (bicyclic) bond motifs is 2. The van der Waals surface area contributed by atoms with Crippen molar-refractivity contribution in [3.8, 4) is 0 Å². The number of carbonyl (C=O) groups excluding carboxylic acids is 1. The molecule has 1 aromatic carbocycles. The maximum Gasteiger partial charge on any atom is 0.410 e. The van der Waals surface area contributed by atoms with Crippen molar-refractivity contribution in [2.45, 2.75) is 38.8 Å². The molecule has 2 heterocycles. The Morgan fingerprint density at radius 3 is 2.64 bits per heavy atom. The van der Waals surface area contributed by atoms with E-state index in [0.717, 1.165) is 36.6 Å². The van der Waals surface area contributed by atoms with E-state index in [9.17, 15) is 4.79 Å². The van der Waals surface area contributed by atoms with E-state index in [1.165, 1.54) is 16.7 Å². The monoisotopic (exact) mass is 399 g/mol. The molecular formula is C22H26ClN3O2. The van der Waals surface area contributed by atoms with Gasteiger partial charge in [-0.15, -0.1) is 0 Å². The van der Waals surface area contributed by atoms with Crippen molar-refractivity contribution in [2.24, 2.45) is 0 Å². The predicted molar refractivity (Wildman–Crippen MR) is 110 cm³/mol. The lowest BCUT2D eigenvalue weighted by Gasteiger charge is -2.39. The average Bonchev–Trinajstić information content (AvgIpc) is 2.84. The van der Waals surface area contributed by atoms with Crippen LogP contribution in [0, 0.1) is 0 Å². The first-order valence-corrected chi connectivity index (χ1v) is 10.3. The molecule has 0 bridgehead atoms. The highest BCUT2D eigenvalue weighted by atomic mass is 35.5. The van der Waals surface area contributed by atoms with Crippen LogP contribution in [0.1, 0.15) is 42.3 Å². The average molecular weight is 400 g/mol. The van der Waals surface area contributed by atoms with Crippen molar-refractivity contribution in [3.05, 3.63) is 63.9 Å². The zero-order valence-electron chi connectivity index (χ0n) is 16.4. The molecule has 1 aromatic heterocycles. The van der Waals surface area contributed by atoms with Gasteiger partial charge in [0.15, 0.2) is 0 Å². The summed E-state index contributed by atoms with van der Waals surface area (Å²) in [5.74, 6) is 0. The molecule has 2 aromatic rings. The van der Waals surface area contributed by atoms with E-state index >= 15 is 0 Å². The fourth-order valence-electron chi connectivity index (χ4n) is 4.19. The van der Waals surface area contributed by atoms with Crippen LogP contribution >= 0.6 is 11.6 Å². The Morgan fingerprint density at radius 2 is 1.89 bits per heavy atom. The third-order valence-corrected chi connectivity index (χ3v) is 5.76. The van der Waals surface area contributed by atoms with Gasteiger partial charge in [-0.3, -0.25) is 9.88 Å². The minimum absolute atomic E-state index is 0.0919. The number of benzene rings is 1. The number of pyridine rings is 1. The Hall–Kier alpha value is -2.11. The van der Waals surface area contributed by atoms with Crippen LogP contribution < -0.4 is 0 Å². The minimum Gasteiger partial charge on any atom is -0.447 e. The van der Waals surface area contributed by atoms with E-state index in [1.54, 1.807) is 4.90 Å². The van der Waals surface area contributed by atoms with Gasteiger partial charge in [0, 0.05) is 37.4 Å². The van der Waals surface area contributed by atoms with Crippen LogP contribution in [-0.2, 0) is 17.6 Å². The zero-order chi connectivity index (χ0) is 19.7. The number of carbonyl (C=O) groups is 1. The highest BCUT2D eigenvalue weighted by molar-refractivity contribution is 6.30. The van der Waals surface area contributed by atoms with Crippen molar-refractivity contribution in [1.82, 2.24) is 14.8 Å². The Morgan fingerprint density at radius 1 is 1.14 bits per heavy atom. The smallest absolute Gasteiger partial charge is 0.410 e. The molecule has 1 aliphatic carbocycles. The number of amides is 1. The summed E-state index contributed by atoms with van der Waals surface area (Å²) in [5.41, 5.74) is 4.99. The van der Waals surface area contributed by atoms with Crippen LogP contribution in [0.3, 0.4) is 0 Å². The van der Waals surface area contributed by atoms with Crippen molar-refractivity contribution >= 4 is 17.7 Å². The third kappa shape index (κ3) is 3.87. The summed E-state index contributed by atoms with van der Waals surface area (Å²) in [4.78, 5) is 21.2. The summed E-state index contributed by atoms with van der Waals surface area (Å²) in [7, 11) is 0. The van der Waals surface area contributed by atoms with E-state index < -0.39 is 0 Å². The second-order valence-electron chi connectivity index (χ2n) is 7.75. The lowest BCUT2D eigenvalue weighted by molar-refractivity contribution is 0.0512. The normalized spacial score (nSPS) is 19.7. The van der Waals surface area contributed by atoms with Gasteiger partial charge in [0.2, 0.25) is 0 Å². The maximum absolute atomic E-state index is 12.2. The van der Waals surface area contributed by atoms with Crippen molar-refractivity contribution < 1.29 is 9.53 Å². The Bertz CT molecular complexity index is 863. The molecule has 1 unspecified atom stereocenters. The number of ether oxygens (including phenoxy) is 1. The summed E-state index contributed by atoms with van der Waals surface area (Å²) in [6.45, 7) is 6.65. The molecule has 1 aliphatic heterocycles. The number of hydrogen-bond donors (Lipinski definition) is 0. The summed E-state index contributed by atoms with van der Waals surface area (Å²) in [5, 5.41) is 0.776. The number of hydrogen-bond acceptors (Lipinski definition) is 4. The summed E-state index contributed by atoms with van der Waals surface area (Å²) < 4.78 is 5.36. The summed E-state index contributed by atoms with van der Waals surface area (Å²) in [6, 6.07) is 10.5. The van der Waals surface area contributed by atoms with Gasteiger partial charge in [0.05, 0.1) is 17.8 Å². The van der Waals surface area contributed by atoms with Gasteiger partial charge in [-0.1, -0.05) is 23.7 Å². The fourth-order valence-corrected chi connectivity index (χ4v) is 4.39. The van der Waals surface area contributed by atoms with Crippen LogP contribution in [0.5, 0.6) is 0 Å². The molecule has 4 rings (SSSR count). The number of halogens is 1. The van der Waals surface area contributed by atoms with Gasteiger partial charge in [-0.05, 0) is 61.6 Å². The van der Waals surface area contributed by atoms with Crippen molar-refractivity contribution in [2.75, 3.05) is 26.2 Å². The highest BCUT2D eigenvalue weighted by Crippen LogP contribution is 2.37. The lowest BCUT2D eigenvalue weighted by atomic mass is 9.96. The standard InChI is InChI=1S/C22H26ClN3O2/c1-15(2)28-22(27)26-12-10-25(11-13-26)21-19-8-7-18(23)14-17(19)6-5-16-4-3-9-24-20(16)21/h3-4,7-9,14-15,21H,5-6,10-13H2,1-2H3. The van der Waals surface area contributed by atoms with Gasteiger partial charge in [0.25, 0.3) is 0 Å². The first kappa shape index (κ1) is 19.2. The number of aromatic nitrogens is 1. The van der Waals surface area contributed by atoms with E-state index in [4.69, 9.17) is 21.3 Å². The topological polar surface area (TPSA) is 45.7 Å². The molecule has 1 saturated heterocycles. The molecule has 1 amide bonds. The van der Waals surface area contributed by atoms with E-state index in [0.29, 0.717) is 13.1 Å². The van der Waals surface area contributed by atoms with Crippen LogP contribution in [0.15, 0.2) is 36.5 Å². The second-order valence-corrected chi connectivity index (χ2v) is 8.19. The quantitative estimate of drug-likeness (QED) is 0.763. The van der Waals surface area contributed by atoms with Crippen molar-refractivity contribution in [3.63, 3.8) is 0 Å². The largest absolute Gasteiger partial charge is 0.447 e. The van der Waals surface area contributed by atoms with Gasteiger partial charge >= 0.3 is 6.09 Å². The number of rotatable bonds is 2. The Labute approximate surface area is 171 Å². The van der Waals surface area contributed by atoms with Crippen LogP contribution in [-0.4, -0.2) is 53.2 Å². The molecule has 148 valence electrons. The van der Waals surface area contributed by atoms with E-state index in [-0.39, 0.29) is 18.2 Å². The first-order valence-electron chi connectivity index (χ1n) is 9.94. The zero-order valence-corrected chi connectivity index (χ0v) is 17.2. The lowest BCUT2D eigenvalue weighted by Crippen LogP contribution is -2.50. The SMILES string of the molecule is CC(C)OC(=O)N1CCN(C2c3ccc(Cl)cc3CCc3cccnc32)CC1. The van der Waals surface area contributed by atoms with Gasteiger partial charge in [-0.2, -0.15) is 0 Å². The Balaban J connectivity index is 1.62. The van der Waals surface area contributed by atoms with Crippen LogP contribution in [0.25, 0.3) is 0 Å². The molecule has 1 fully saturated rings. The summed E-state index contributed by atoms with van der Waals surface area (Å²) >= 11 is 6.28. The first-order chi connectivity index (χ1) is 13.5. The number of nitrogens with zero attached hydrogens (tertiary/aromatic N) is 3. The predicted octanol–water partition coefficient (Wildman–Crippen LogP) is 4.09. The summed E-state index contributed by atoms with van der Waals surface area (Å²) in [6.07, 6.45) is 3.49. The highest BCUT2D eigenvalue weighted by Gasteiger charge is 2.33. The molecule has 28 heavy (non-hydrogen) atoms. The molecule has 6 heteroatoms. The van der Waals surface area contributed by atoms with E-state index in [1.807, 2.05) is 32.2 Å². The Kier molecular flexibility index (Phi) is 5.56. The molecule has 5 nitrogen and oxygen atoms in total. The molecule has 1 atom stereocenters. The second kappa shape index (κ2) is 8.10. The van der Waals surface area contributed by atoms with E-state index in [2.05, 4.69) is 23.1 Å². The molecule has 0 saturated carbocycles. The number of aryl methyl sites for hydroxylation is 2. The molecule has 0 spiro atoms. The van der Waals surface area contributed by atoms with Gasteiger partial charge in [-0.25, -0.2) is 4.79 Å².